The summed E-state index contributed by atoms with van der Waals surface area (Å²) in [6, 6.07) is 11.0. The van der Waals surface area contributed by atoms with Crippen LogP contribution in [0.3, 0.4) is 0 Å². The topological polar surface area (TPSA) is 96.0 Å². The molecule has 0 saturated carbocycles. The van der Waals surface area contributed by atoms with Gasteiger partial charge in [0.05, 0.1) is 19.8 Å². The Bertz CT molecular complexity index is 883. The number of hydrogen-bond donors (Lipinski definition) is 2. The number of pyridine rings is 1. The smallest absolute Gasteiger partial charge is 0.410 e. The van der Waals surface area contributed by atoms with Gasteiger partial charge in [-0.3, -0.25) is 0 Å². The summed E-state index contributed by atoms with van der Waals surface area (Å²) in [6.45, 7) is 4.98. The summed E-state index contributed by atoms with van der Waals surface area (Å²) in [5.74, 6) is 0.899. The van der Waals surface area contributed by atoms with Gasteiger partial charge in [-0.05, 0) is 35.4 Å². The van der Waals surface area contributed by atoms with Gasteiger partial charge in [-0.1, -0.05) is 12.1 Å². The van der Waals surface area contributed by atoms with Gasteiger partial charge < -0.3 is 29.9 Å². The number of hydrogen-bond acceptors (Lipinski definition) is 6. The Balaban J connectivity index is 1.26. The number of carbonyl (C=O) groups is 2. The highest BCUT2D eigenvalue weighted by Crippen LogP contribution is 2.15. The molecule has 2 N–H and O–H groups in total. The van der Waals surface area contributed by atoms with Crippen LogP contribution in [-0.4, -0.2) is 61.5 Å². The molecule has 1 aromatic heterocycles. The summed E-state index contributed by atoms with van der Waals surface area (Å²) in [4.78, 5) is 32.0. The van der Waals surface area contributed by atoms with Gasteiger partial charge in [-0.2, -0.15) is 0 Å². The van der Waals surface area contributed by atoms with E-state index in [4.69, 9.17) is 9.47 Å². The molecular weight excluding hydrogens is 386 g/mol. The molecule has 2 aliphatic heterocycles. The largest absolute Gasteiger partial charge is 0.448 e. The summed E-state index contributed by atoms with van der Waals surface area (Å²) < 4.78 is 10.3. The van der Waals surface area contributed by atoms with Crippen LogP contribution in [-0.2, 0) is 22.6 Å². The molecule has 3 amide bonds. The number of rotatable bonds is 6. The van der Waals surface area contributed by atoms with E-state index < -0.39 is 0 Å². The van der Waals surface area contributed by atoms with Crippen LogP contribution in [0.25, 0.3) is 0 Å². The lowest BCUT2D eigenvalue weighted by Crippen LogP contribution is -2.36. The van der Waals surface area contributed by atoms with Crippen LogP contribution >= 0.6 is 0 Å². The Morgan fingerprint density at radius 3 is 2.57 bits per heavy atom. The maximum absolute atomic E-state index is 12.2. The fraction of sp³-hybridized carbons (Fsp3) is 0.381. The van der Waals surface area contributed by atoms with E-state index in [1.807, 2.05) is 36.4 Å². The van der Waals surface area contributed by atoms with Crippen molar-refractivity contribution in [2.24, 2.45) is 0 Å². The first-order chi connectivity index (χ1) is 14.7. The average Bonchev–Trinajstić information content (AvgIpc) is 3.19. The second kappa shape index (κ2) is 9.45. The lowest BCUT2D eigenvalue weighted by Gasteiger charge is -2.28. The molecule has 0 radical (unpaired) electrons. The van der Waals surface area contributed by atoms with E-state index in [1.165, 1.54) is 0 Å². The summed E-state index contributed by atoms with van der Waals surface area (Å²) in [5, 5.41) is 5.69. The van der Waals surface area contributed by atoms with Crippen molar-refractivity contribution in [1.82, 2.24) is 15.2 Å². The number of carbonyl (C=O) groups excluding carboxylic acids is 2. The number of aromatic nitrogens is 1. The number of urea groups is 1. The SMILES string of the molecule is O=C(NCc1ccnc(N2CCOCC2)c1)Nc1ccc(CN2CCOC2=O)cc1. The quantitative estimate of drug-likeness (QED) is 0.757. The molecule has 9 heteroatoms. The van der Waals surface area contributed by atoms with E-state index in [0.29, 0.717) is 45.1 Å². The van der Waals surface area contributed by atoms with E-state index >= 15 is 0 Å². The predicted octanol–water partition coefficient (Wildman–Crippen LogP) is 2.19. The lowest BCUT2D eigenvalue weighted by molar-refractivity contribution is 0.122. The van der Waals surface area contributed by atoms with Crippen LogP contribution in [0.4, 0.5) is 21.1 Å². The molecule has 0 unspecified atom stereocenters. The summed E-state index contributed by atoms with van der Waals surface area (Å²) >= 11 is 0. The molecule has 0 bridgehead atoms. The summed E-state index contributed by atoms with van der Waals surface area (Å²) in [5.41, 5.74) is 2.64. The number of benzene rings is 1. The van der Waals surface area contributed by atoms with E-state index in [1.54, 1.807) is 11.1 Å². The summed E-state index contributed by atoms with van der Waals surface area (Å²) in [6.07, 6.45) is 1.47. The minimum absolute atomic E-state index is 0.282. The standard InChI is InChI=1S/C21H25N5O4/c27-20(23-14-17-5-6-22-19(13-17)25-7-10-29-11-8-25)24-18-3-1-16(2-4-18)15-26-9-12-30-21(26)28/h1-6,13H,7-12,14-15H2,(H2,23,24,27). The van der Waals surface area contributed by atoms with E-state index in [2.05, 4.69) is 20.5 Å². The molecule has 2 fully saturated rings. The monoisotopic (exact) mass is 411 g/mol. The molecule has 9 nitrogen and oxygen atoms in total. The van der Waals surface area contributed by atoms with Crippen LogP contribution in [0, 0.1) is 0 Å². The highest BCUT2D eigenvalue weighted by Gasteiger charge is 2.21. The zero-order chi connectivity index (χ0) is 20.8. The molecule has 0 atom stereocenters. The van der Waals surface area contributed by atoms with Gasteiger partial charge >= 0.3 is 12.1 Å². The van der Waals surface area contributed by atoms with Crippen molar-refractivity contribution in [2.45, 2.75) is 13.1 Å². The number of nitrogens with zero attached hydrogens (tertiary/aromatic N) is 3. The number of morpholine rings is 1. The van der Waals surface area contributed by atoms with E-state index in [-0.39, 0.29) is 12.1 Å². The molecule has 2 aliphatic rings. The second-order valence-electron chi connectivity index (χ2n) is 7.16. The summed E-state index contributed by atoms with van der Waals surface area (Å²) in [7, 11) is 0. The van der Waals surface area contributed by atoms with Gasteiger partial charge in [0.2, 0.25) is 0 Å². The Hall–Kier alpha value is -3.33. The molecule has 2 aromatic rings. The Kier molecular flexibility index (Phi) is 6.29. The number of anilines is 2. The van der Waals surface area contributed by atoms with Crippen LogP contribution in [0.15, 0.2) is 42.6 Å². The molecular formula is C21H25N5O4. The lowest BCUT2D eigenvalue weighted by atomic mass is 10.2. The third kappa shape index (κ3) is 5.18. The second-order valence-corrected chi connectivity index (χ2v) is 7.16. The third-order valence-corrected chi connectivity index (χ3v) is 5.03. The van der Waals surface area contributed by atoms with Gasteiger partial charge in [0, 0.05) is 38.1 Å². The predicted molar refractivity (Wildman–Crippen MR) is 111 cm³/mol. The first kappa shape index (κ1) is 20.0. The molecule has 30 heavy (non-hydrogen) atoms. The zero-order valence-corrected chi connectivity index (χ0v) is 16.7. The normalized spacial score (nSPS) is 16.3. The molecule has 1 aromatic carbocycles. The number of nitrogens with one attached hydrogen (secondary N) is 2. The third-order valence-electron chi connectivity index (χ3n) is 5.03. The van der Waals surface area contributed by atoms with Gasteiger partial charge in [0.25, 0.3) is 0 Å². The van der Waals surface area contributed by atoms with Gasteiger partial charge in [0.1, 0.15) is 12.4 Å². The average molecular weight is 411 g/mol. The van der Waals surface area contributed by atoms with Crippen molar-refractivity contribution in [1.29, 1.82) is 0 Å². The molecule has 0 aliphatic carbocycles. The molecule has 2 saturated heterocycles. The highest BCUT2D eigenvalue weighted by atomic mass is 16.6. The van der Waals surface area contributed by atoms with Crippen molar-refractivity contribution in [3.05, 3.63) is 53.7 Å². The van der Waals surface area contributed by atoms with Crippen molar-refractivity contribution >= 4 is 23.6 Å². The van der Waals surface area contributed by atoms with Crippen molar-refractivity contribution < 1.29 is 19.1 Å². The fourth-order valence-electron chi connectivity index (χ4n) is 3.38. The van der Waals surface area contributed by atoms with Crippen LogP contribution in [0.1, 0.15) is 11.1 Å². The van der Waals surface area contributed by atoms with Gasteiger partial charge in [-0.15, -0.1) is 0 Å². The fourth-order valence-corrected chi connectivity index (χ4v) is 3.38. The molecule has 158 valence electrons. The Morgan fingerprint density at radius 1 is 1.03 bits per heavy atom. The first-order valence-electron chi connectivity index (χ1n) is 10.0. The van der Waals surface area contributed by atoms with Gasteiger partial charge in [0.15, 0.2) is 0 Å². The Labute approximate surface area is 175 Å². The van der Waals surface area contributed by atoms with Crippen LogP contribution in [0.5, 0.6) is 0 Å². The highest BCUT2D eigenvalue weighted by molar-refractivity contribution is 5.89. The number of cyclic esters (lactones) is 1. The van der Waals surface area contributed by atoms with Crippen LogP contribution < -0.4 is 15.5 Å². The first-order valence-corrected chi connectivity index (χ1v) is 10.0. The minimum atomic E-state index is -0.288. The maximum atomic E-state index is 12.2. The number of amides is 3. The van der Waals surface area contributed by atoms with Crippen molar-refractivity contribution in [3.8, 4) is 0 Å². The van der Waals surface area contributed by atoms with E-state index in [9.17, 15) is 9.59 Å². The number of ether oxygens (including phenoxy) is 2. The molecule has 4 rings (SSSR count). The zero-order valence-electron chi connectivity index (χ0n) is 16.7. The molecule has 0 spiro atoms. The van der Waals surface area contributed by atoms with Crippen molar-refractivity contribution in [3.63, 3.8) is 0 Å². The van der Waals surface area contributed by atoms with E-state index in [0.717, 1.165) is 30.0 Å². The molecule has 3 heterocycles. The van der Waals surface area contributed by atoms with Gasteiger partial charge in [-0.25, -0.2) is 14.6 Å². The maximum Gasteiger partial charge on any atom is 0.410 e. The minimum Gasteiger partial charge on any atom is -0.448 e. The Morgan fingerprint density at radius 2 is 1.83 bits per heavy atom. The van der Waals surface area contributed by atoms with Crippen molar-refractivity contribution in [2.75, 3.05) is 49.7 Å². The van der Waals surface area contributed by atoms with Crippen LogP contribution in [0.2, 0.25) is 0 Å².